The Hall–Kier alpha value is -0.980. The van der Waals surface area contributed by atoms with E-state index in [9.17, 15) is 12.8 Å². The molecule has 6 heteroatoms. The molecule has 0 bridgehead atoms. The molecule has 0 heterocycles. The van der Waals surface area contributed by atoms with Crippen LogP contribution < -0.4 is 0 Å². The lowest BCUT2D eigenvalue weighted by molar-refractivity contribution is 0.281. The molecule has 4 nitrogen and oxygen atoms in total. The maximum absolute atomic E-state index is 13.0. The molecule has 0 aliphatic carbocycles. The Balaban J connectivity index is 2.79. The number of aryl methyl sites for hydroxylation is 1. The number of aliphatic hydroxyl groups is 1. The Morgan fingerprint density at radius 3 is 2.53 bits per heavy atom. The van der Waals surface area contributed by atoms with Crippen LogP contribution in [0.2, 0.25) is 0 Å². The van der Waals surface area contributed by atoms with E-state index >= 15 is 0 Å². The number of unbranched alkanes of at least 4 members (excludes halogenated alkanes) is 2. The highest BCUT2D eigenvalue weighted by Gasteiger charge is 2.22. The summed E-state index contributed by atoms with van der Waals surface area (Å²) in [5, 5.41) is 8.66. The minimum absolute atomic E-state index is 0.119. The first-order chi connectivity index (χ1) is 8.89. The molecule has 0 fully saturated rings. The fraction of sp³-hybridized carbons (Fsp3) is 0.538. The summed E-state index contributed by atoms with van der Waals surface area (Å²) in [4.78, 5) is 0.138. The number of sulfonamides is 1. The van der Waals surface area contributed by atoms with Crippen LogP contribution in [0.4, 0.5) is 4.39 Å². The molecular weight excluding hydrogens is 269 g/mol. The van der Waals surface area contributed by atoms with Gasteiger partial charge in [0.1, 0.15) is 5.82 Å². The van der Waals surface area contributed by atoms with Gasteiger partial charge in [-0.2, -0.15) is 0 Å². The van der Waals surface area contributed by atoms with Gasteiger partial charge in [-0.3, -0.25) is 0 Å². The lowest BCUT2D eigenvalue weighted by Gasteiger charge is -2.18. The summed E-state index contributed by atoms with van der Waals surface area (Å²) >= 11 is 0. The molecule has 0 spiro atoms. The van der Waals surface area contributed by atoms with Crippen LogP contribution in [-0.4, -0.2) is 38.0 Å². The van der Waals surface area contributed by atoms with E-state index in [0.29, 0.717) is 24.9 Å². The van der Waals surface area contributed by atoms with E-state index in [0.717, 1.165) is 12.5 Å². The Bertz CT molecular complexity index is 517. The third-order valence-corrected chi connectivity index (χ3v) is 4.97. The van der Waals surface area contributed by atoms with Crippen LogP contribution in [0, 0.1) is 12.7 Å². The second-order valence-corrected chi connectivity index (χ2v) is 6.53. The van der Waals surface area contributed by atoms with Gasteiger partial charge in [0.25, 0.3) is 0 Å². The Morgan fingerprint density at radius 2 is 1.95 bits per heavy atom. The molecule has 0 saturated carbocycles. The van der Waals surface area contributed by atoms with Crippen LogP contribution in [0.5, 0.6) is 0 Å². The zero-order valence-corrected chi connectivity index (χ0v) is 12.1. The van der Waals surface area contributed by atoms with Crippen molar-refractivity contribution < 1.29 is 17.9 Å². The van der Waals surface area contributed by atoms with Crippen molar-refractivity contribution in [2.45, 2.75) is 31.1 Å². The number of rotatable bonds is 7. The zero-order chi connectivity index (χ0) is 14.5. The number of hydrogen-bond donors (Lipinski definition) is 1. The Kier molecular flexibility index (Phi) is 5.90. The quantitative estimate of drug-likeness (QED) is 0.780. The monoisotopic (exact) mass is 289 g/mol. The standard InChI is InChI=1S/C13H20FNO3S/c1-11-10-12(14)6-7-13(11)19(17,18)15(2)8-4-3-5-9-16/h6-7,10,16H,3-5,8-9H2,1-2H3. The predicted molar refractivity (Wildman–Crippen MR) is 71.9 cm³/mol. The Labute approximate surface area is 113 Å². The van der Waals surface area contributed by atoms with E-state index < -0.39 is 15.8 Å². The summed E-state index contributed by atoms with van der Waals surface area (Å²) in [7, 11) is -2.06. The van der Waals surface area contributed by atoms with Crippen molar-refractivity contribution >= 4 is 10.0 Å². The van der Waals surface area contributed by atoms with Gasteiger partial charge >= 0.3 is 0 Å². The molecule has 1 aromatic carbocycles. The van der Waals surface area contributed by atoms with Gasteiger partial charge in [0.2, 0.25) is 10.0 Å². The highest BCUT2D eigenvalue weighted by Crippen LogP contribution is 2.20. The van der Waals surface area contributed by atoms with Crippen LogP contribution in [0.1, 0.15) is 24.8 Å². The van der Waals surface area contributed by atoms with Gasteiger partial charge in [0.15, 0.2) is 0 Å². The maximum Gasteiger partial charge on any atom is 0.243 e. The van der Waals surface area contributed by atoms with Gasteiger partial charge in [-0.25, -0.2) is 17.1 Å². The average molecular weight is 289 g/mol. The first-order valence-corrected chi connectivity index (χ1v) is 7.67. The second kappa shape index (κ2) is 6.98. The lowest BCUT2D eigenvalue weighted by Crippen LogP contribution is -2.28. The van der Waals surface area contributed by atoms with Gasteiger partial charge in [-0.1, -0.05) is 0 Å². The highest BCUT2D eigenvalue weighted by molar-refractivity contribution is 7.89. The maximum atomic E-state index is 13.0. The molecule has 0 unspecified atom stereocenters. The van der Waals surface area contributed by atoms with Gasteiger partial charge in [-0.15, -0.1) is 0 Å². The van der Waals surface area contributed by atoms with Crippen LogP contribution in [-0.2, 0) is 10.0 Å². The molecule has 0 atom stereocenters. The molecule has 1 rings (SSSR count). The van der Waals surface area contributed by atoms with Crippen molar-refractivity contribution in [1.29, 1.82) is 0 Å². The number of nitrogens with zero attached hydrogens (tertiary/aromatic N) is 1. The summed E-state index contributed by atoms with van der Waals surface area (Å²) in [6.07, 6.45) is 2.14. The van der Waals surface area contributed by atoms with E-state index in [1.54, 1.807) is 6.92 Å². The molecule has 0 aromatic heterocycles. The number of aliphatic hydroxyl groups excluding tert-OH is 1. The minimum atomic E-state index is -3.57. The number of benzene rings is 1. The molecule has 0 saturated heterocycles. The average Bonchev–Trinajstić information content (AvgIpc) is 2.33. The van der Waals surface area contributed by atoms with E-state index in [4.69, 9.17) is 5.11 Å². The summed E-state index contributed by atoms with van der Waals surface area (Å²) in [6.45, 7) is 2.09. The van der Waals surface area contributed by atoms with Gasteiger partial charge in [-0.05, 0) is 49.9 Å². The van der Waals surface area contributed by atoms with Gasteiger partial charge in [0, 0.05) is 20.2 Å². The molecule has 0 aliphatic rings. The normalized spacial score (nSPS) is 12.1. The fourth-order valence-corrected chi connectivity index (χ4v) is 3.22. The van der Waals surface area contributed by atoms with Crippen LogP contribution in [0.3, 0.4) is 0 Å². The second-order valence-electron chi connectivity index (χ2n) is 4.52. The summed E-state index contributed by atoms with van der Waals surface area (Å²) in [5.41, 5.74) is 0.405. The van der Waals surface area contributed by atoms with E-state index in [2.05, 4.69) is 0 Å². The molecule has 0 aliphatic heterocycles. The van der Waals surface area contributed by atoms with Gasteiger partial charge < -0.3 is 5.11 Å². The topological polar surface area (TPSA) is 57.6 Å². The number of halogens is 1. The fourth-order valence-electron chi connectivity index (χ4n) is 1.81. The Morgan fingerprint density at radius 1 is 1.26 bits per heavy atom. The van der Waals surface area contributed by atoms with E-state index in [-0.39, 0.29) is 11.5 Å². The molecule has 1 N–H and O–H groups in total. The van der Waals surface area contributed by atoms with Crippen molar-refractivity contribution in [3.63, 3.8) is 0 Å². The summed E-state index contributed by atoms with van der Waals surface area (Å²) in [5.74, 6) is -0.443. The highest BCUT2D eigenvalue weighted by atomic mass is 32.2. The van der Waals surface area contributed by atoms with Gasteiger partial charge in [0.05, 0.1) is 4.90 Å². The van der Waals surface area contributed by atoms with Crippen LogP contribution >= 0.6 is 0 Å². The summed E-state index contributed by atoms with van der Waals surface area (Å²) in [6, 6.07) is 3.66. The molecule has 0 amide bonds. The molecule has 108 valence electrons. The van der Waals surface area contributed by atoms with E-state index in [1.165, 1.54) is 23.5 Å². The number of hydrogen-bond acceptors (Lipinski definition) is 3. The van der Waals surface area contributed by atoms with E-state index in [1.807, 2.05) is 0 Å². The molecule has 19 heavy (non-hydrogen) atoms. The molecule has 0 radical (unpaired) electrons. The molecule has 1 aromatic rings. The van der Waals surface area contributed by atoms with Crippen molar-refractivity contribution in [2.24, 2.45) is 0 Å². The first-order valence-electron chi connectivity index (χ1n) is 6.23. The lowest BCUT2D eigenvalue weighted by atomic mass is 10.2. The third kappa shape index (κ3) is 4.26. The van der Waals surface area contributed by atoms with Crippen molar-refractivity contribution in [3.8, 4) is 0 Å². The van der Waals surface area contributed by atoms with Crippen molar-refractivity contribution in [1.82, 2.24) is 4.31 Å². The molecular formula is C13H20FNO3S. The third-order valence-electron chi connectivity index (χ3n) is 2.96. The van der Waals surface area contributed by atoms with Crippen molar-refractivity contribution in [3.05, 3.63) is 29.6 Å². The van der Waals surface area contributed by atoms with Crippen LogP contribution in [0.25, 0.3) is 0 Å². The largest absolute Gasteiger partial charge is 0.396 e. The SMILES string of the molecule is Cc1cc(F)ccc1S(=O)(=O)N(C)CCCCCO. The zero-order valence-electron chi connectivity index (χ0n) is 11.3. The van der Waals surface area contributed by atoms with Crippen molar-refractivity contribution in [2.75, 3.05) is 20.2 Å². The van der Waals surface area contributed by atoms with Crippen LogP contribution in [0.15, 0.2) is 23.1 Å². The summed E-state index contributed by atoms with van der Waals surface area (Å²) < 4.78 is 38.8. The predicted octanol–water partition coefficient (Wildman–Crippen LogP) is 1.92. The first kappa shape index (κ1) is 16.1. The minimum Gasteiger partial charge on any atom is -0.396 e. The smallest absolute Gasteiger partial charge is 0.243 e.